The second-order valence-corrected chi connectivity index (χ2v) is 5.91. The summed E-state index contributed by atoms with van der Waals surface area (Å²) in [4.78, 5) is 12.5. The molecule has 1 atom stereocenters. The van der Waals surface area contributed by atoms with Crippen LogP contribution in [0.15, 0.2) is 24.5 Å². The van der Waals surface area contributed by atoms with Crippen molar-refractivity contribution in [2.24, 2.45) is 0 Å². The van der Waals surface area contributed by atoms with E-state index < -0.39 is 0 Å². The number of hydrogen-bond donors (Lipinski definition) is 1. The van der Waals surface area contributed by atoms with E-state index in [-0.39, 0.29) is 11.9 Å². The number of aromatic nitrogens is 3. The van der Waals surface area contributed by atoms with E-state index in [1.165, 1.54) is 17.5 Å². The molecule has 0 spiro atoms. The molecule has 1 aliphatic carbocycles. The van der Waals surface area contributed by atoms with Crippen LogP contribution in [0.2, 0.25) is 0 Å². The third-order valence-electron chi connectivity index (χ3n) is 4.28. The number of aryl methyl sites for hydroxylation is 2. The van der Waals surface area contributed by atoms with Gasteiger partial charge in [0.15, 0.2) is 5.82 Å². The van der Waals surface area contributed by atoms with Crippen LogP contribution in [-0.2, 0) is 24.1 Å². The minimum Gasteiger partial charge on any atom is -0.383 e. The Hall–Kier alpha value is -2.21. The summed E-state index contributed by atoms with van der Waals surface area (Å²) in [6.07, 6.45) is 5.03. The first-order valence-corrected chi connectivity index (χ1v) is 7.98. The Bertz CT molecular complexity index is 696. The number of benzene rings is 1. The third-order valence-corrected chi connectivity index (χ3v) is 4.28. The highest BCUT2D eigenvalue weighted by atomic mass is 16.5. The van der Waals surface area contributed by atoms with Gasteiger partial charge < -0.3 is 14.6 Å². The number of fused-ring (bicyclic) bond motifs is 1. The fourth-order valence-electron chi connectivity index (χ4n) is 3.02. The van der Waals surface area contributed by atoms with Crippen molar-refractivity contribution < 1.29 is 9.53 Å². The monoisotopic (exact) mass is 314 g/mol. The molecule has 1 heterocycles. The van der Waals surface area contributed by atoms with Gasteiger partial charge in [-0.1, -0.05) is 6.07 Å². The molecule has 0 saturated heterocycles. The van der Waals surface area contributed by atoms with Gasteiger partial charge in [0.25, 0.3) is 5.91 Å². The quantitative estimate of drug-likeness (QED) is 0.884. The van der Waals surface area contributed by atoms with Gasteiger partial charge in [0.2, 0.25) is 0 Å². The van der Waals surface area contributed by atoms with Crippen molar-refractivity contribution in [3.8, 4) is 0 Å². The average Bonchev–Trinajstić information content (AvgIpc) is 3.20. The van der Waals surface area contributed by atoms with Gasteiger partial charge in [-0.15, -0.1) is 10.2 Å². The van der Waals surface area contributed by atoms with E-state index in [1.54, 1.807) is 13.4 Å². The molecular formula is C17H22N4O2. The van der Waals surface area contributed by atoms with Crippen molar-refractivity contribution >= 4 is 5.91 Å². The molecule has 2 aromatic rings. The molecule has 1 amide bonds. The van der Waals surface area contributed by atoms with Crippen LogP contribution in [0.4, 0.5) is 0 Å². The highest BCUT2D eigenvalue weighted by Crippen LogP contribution is 2.23. The lowest BCUT2D eigenvalue weighted by Crippen LogP contribution is -2.29. The molecule has 0 radical (unpaired) electrons. The largest absolute Gasteiger partial charge is 0.383 e. The Morgan fingerprint density at radius 2 is 2.22 bits per heavy atom. The Kier molecular flexibility index (Phi) is 4.71. The van der Waals surface area contributed by atoms with Crippen molar-refractivity contribution in [1.29, 1.82) is 0 Å². The molecule has 23 heavy (non-hydrogen) atoms. The summed E-state index contributed by atoms with van der Waals surface area (Å²) in [7, 11) is 1.66. The van der Waals surface area contributed by atoms with Gasteiger partial charge in [-0.2, -0.15) is 0 Å². The van der Waals surface area contributed by atoms with Gasteiger partial charge in [0.1, 0.15) is 6.33 Å². The summed E-state index contributed by atoms with van der Waals surface area (Å²) >= 11 is 0. The number of carbonyl (C=O) groups excluding carboxylic acids is 1. The van der Waals surface area contributed by atoms with Gasteiger partial charge in [0, 0.05) is 19.2 Å². The number of nitrogens with one attached hydrogen (secondary N) is 1. The van der Waals surface area contributed by atoms with E-state index in [9.17, 15) is 4.79 Å². The highest BCUT2D eigenvalue weighted by molar-refractivity contribution is 5.94. The van der Waals surface area contributed by atoms with Crippen molar-refractivity contribution in [1.82, 2.24) is 20.1 Å². The Morgan fingerprint density at radius 3 is 3.04 bits per heavy atom. The third kappa shape index (κ3) is 3.42. The SMILES string of the molecule is COCCn1cnnc1[C@H](C)NC(=O)c1ccc2c(c1)CCC2. The van der Waals surface area contributed by atoms with Crippen LogP contribution in [0, 0.1) is 0 Å². The van der Waals surface area contributed by atoms with E-state index in [0.717, 1.165) is 18.7 Å². The molecule has 3 rings (SSSR count). The van der Waals surface area contributed by atoms with E-state index in [4.69, 9.17) is 4.74 Å². The standard InChI is InChI=1S/C17H22N4O2/c1-12(16-20-18-11-21(16)8-9-23-2)19-17(22)15-7-6-13-4-3-5-14(13)10-15/h6-7,10-12H,3-5,8-9H2,1-2H3,(H,19,22)/t12-/m0/s1. The van der Waals surface area contributed by atoms with Crippen molar-refractivity contribution in [2.75, 3.05) is 13.7 Å². The number of rotatable bonds is 6. The average molecular weight is 314 g/mol. The van der Waals surface area contributed by atoms with Gasteiger partial charge in [-0.3, -0.25) is 4.79 Å². The summed E-state index contributed by atoms with van der Waals surface area (Å²) in [5.41, 5.74) is 3.38. The van der Waals surface area contributed by atoms with Crippen LogP contribution in [0.1, 0.15) is 46.7 Å². The number of amides is 1. The maximum atomic E-state index is 12.5. The number of carbonyl (C=O) groups is 1. The fraction of sp³-hybridized carbons (Fsp3) is 0.471. The second-order valence-electron chi connectivity index (χ2n) is 5.91. The van der Waals surface area contributed by atoms with Crippen LogP contribution in [0.3, 0.4) is 0 Å². The van der Waals surface area contributed by atoms with Gasteiger partial charge in [0.05, 0.1) is 12.6 Å². The zero-order valence-electron chi connectivity index (χ0n) is 13.6. The Balaban J connectivity index is 1.69. The van der Waals surface area contributed by atoms with Crippen LogP contribution in [-0.4, -0.2) is 34.4 Å². The number of ether oxygens (including phenoxy) is 1. The lowest BCUT2D eigenvalue weighted by atomic mass is 10.1. The molecule has 0 bridgehead atoms. The molecule has 6 heteroatoms. The Morgan fingerprint density at radius 1 is 1.39 bits per heavy atom. The zero-order valence-corrected chi connectivity index (χ0v) is 13.6. The maximum Gasteiger partial charge on any atom is 0.251 e. The Labute approximate surface area is 135 Å². The number of hydrogen-bond acceptors (Lipinski definition) is 4. The van der Waals surface area contributed by atoms with Crippen molar-refractivity contribution in [2.45, 2.75) is 38.8 Å². The van der Waals surface area contributed by atoms with Gasteiger partial charge in [-0.25, -0.2) is 0 Å². The molecule has 6 nitrogen and oxygen atoms in total. The van der Waals surface area contributed by atoms with Crippen molar-refractivity contribution in [3.63, 3.8) is 0 Å². The molecule has 122 valence electrons. The summed E-state index contributed by atoms with van der Waals surface area (Å²) in [5, 5.41) is 11.0. The molecular weight excluding hydrogens is 292 g/mol. The van der Waals surface area contributed by atoms with Crippen LogP contribution >= 0.6 is 0 Å². The fourth-order valence-corrected chi connectivity index (χ4v) is 3.02. The molecule has 0 unspecified atom stereocenters. The maximum absolute atomic E-state index is 12.5. The summed E-state index contributed by atoms with van der Waals surface area (Å²) in [5.74, 6) is 0.657. The molecule has 1 aromatic heterocycles. The minimum atomic E-state index is -0.213. The van der Waals surface area contributed by atoms with Gasteiger partial charge >= 0.3 is 0 Å². The first-order chi connectivity index (χ1) is 11.2. The minimum absolute atomic E-state index is 0.0755. The molecule has 1 aliphatic rings. The van der Waals surface area contributed by atoms with Gasteiger partial charge in [-0.05, 0) is 49.4 Å². The summed E-state index contributed by atoms with van der Waals surface area (Å²) in [6.45, 7) is 3.16. The smallest absolute Gasteiger partial charge is 0.251 e. The molecule has 0 saturated carbocycles. The lowest BCUT2D eigenvalue weighted by molar-refractivity contribution is 0.0937. The van der Waals surface area contributed by atoms with E-state index in [1.807, 2.05) is 23.6 Å². The normalized spacial score (nSPS) is 14.5. The summed E-state index contributed by atoms with van der Waals surface area (Å²) < 4.78 is 6.98. The van der Waals surface area contributed by atoms with Crippen LogP contribution in [0.25, 0.3) is 0 Å². The van der Waals surface area contributed by atoms with Crippen LogP contribution in [0.5, 0.6) is 0 Å². The number of nitrogens with zero attached hydrogens (tertiary/aromatic N) is 3. The highest BCUT2D eigenvalue weighted by Gasteiger charge is 2.18. The first-order valence-electron chi connectivity index (χ1n) is 7.98. The summed E-state index contributed by atoms with van der Waals surface area (Å²) in [6, 6.07) is 5.78. The van der Waals surface area contributed by atoms with E-state index in [2.05, 4.69) is 21.6 Å². The van der Waals surface area contributed by atoms with Crippen LogP contribution < -0.4 is 5.32 Å². The predicted molar refractivity (Wildman–Crippen MR) is 86.2 cm³/mol. The zero-order chi connectivity index (χ0) is 16.2. The first kappa shape index (κ1) is 15.7. The van der Waals surface area contributed by atoms with E-state index in [0.29, 0.717) is 18.7 Å². The molecule has 1 aromatic carbocycles. The second kappa shape index (κ2) is 6.91. The molecule has 1 N–H and O–H groups in total. The number of methoxy groups -OCH3 is 1. The predicted octanol–water partition coefficient (Wildman–Crippen LogP) is 1.90. The van der Waals surface area contributed by atoms with Crippen molar-refractivity contribution in [3.05, 3.63) is 47.0 Å². The lowest BCUT2D eigenvalue weighted by Gasteiger charge is -2.15. The van der Waals surface area contributed by atoms with E-state index >= 15 is 0 Å². The topological polar surface area (TPSA) is 69.0 Å². The molecule has 0 aliphatic heterocycles. The molecule has 0 fully saturated rings.